The Morgan fingerprint density at radius 1 is 0.792 bits per heavy atom. The van der Waals surface area contributed by atoms with Crippen molar-refractivity contribution in [2.45, 2.75) is 6.92 Å². The second-order valence-electron chi connectivity index (χ2n) is 5.90. The zero-order valence-corrected chi connectivity index (χ0v) is 13.9. The summed E-state index contributed by atoms with van der Waals surface area (Å²) in [5, 5.41) is 0. The van der Waals surface area contributed by atoms with Gasteiger partial charge < -0.3 is 10.6 Å². The summed E-state index contributed by atoms with van der Waals surface area (Å²) >= 11 is 0. The van der Waals surface area contributed by atoms with Gasteiger partial charge in [-0.2, -0.15) is 0 Å². The van der Waals surface area contributed by atoms with Crippen LogP contribution < -0.4 is 10.6 Å². The fraction of sp³-hybridized carbons (Fsp3) is 0.0952. The molecule has 3 heteroatoms. The van der Waals surface area contributed by atoms with Gasteiger partial charge in [0.2, 0.25) is 0 Å². The van der Waals surface area contributed by atoms with Crippen molar-refractivity contribution in [2.75, 3.05) is 17.7 Å². The van der Waals surface area contributed by atoms with Gasteiger partial charge in [0.05, 0.1) is 0 Å². The first-order valence-electron chi connectivity index (χ1n) is 7.85. The van der Waals surface area contributed by atoms with Crippen molar-refractivity contribution in [1.29, 1.82) is 0 Å². The summed E-state index contributed by atoms with van der Waals surface area (Å²) in [6.07, 6.45) is 0. The highest BCUT2D eigenvalue weighted by atomic mass is 16.2. The highest BCUT2D eigenvalue weighted by Gasteiger charge is 2.13. The topological polar surface area (TPSA) is 46.3 Å². The van der Waals surface area contributed by atoms with Crippen molar-refractivity contribution in [3.63, 3.8) is 0 Å². The standard InChI is InChI=1S/C21H20N2O/c1-15-3-5-18(6-4-15)21(24)23(2)20-13-9-17(10-14-20)16-7-11-19(22)12-8-16/h3-14H,22H2,1-2H3. The fourth-order valence-electron chi connectivity index (χ4n) is 2.56. The predicted molar refractivity (Wildman–Crippen MR) is 100 cm³/mol. The summed E-state index contributed by atoms with van der Waals surface area (Å²) < 4.78 is 0. The maximum absolute atomic E-state index is 12.6. The van der Waals surface area contributed by atoms with Gasteiger partial charge in [0, 0.05) is 24.0 Å². The van der Waals surface area contributed by atoms with Crippen LogP contribution in [0.3, 0.4) is 0 Å². The number of rotatable bonds is 3. The summed E-state index contributed by atoms with van der Waals surface area (Å²) in [4.78, 5) is 14.2. The average molecular weight is 316 g/mol. The molecule has 0 unspecified atom stereocenters. The van der Waals surface area contributed by atoms with Gasteiger partial charge in [-0.1, -0.05) is 42.0 Å². The Morgan fingerprint density at radius 3 is 1.83 bits per heavy atom. The van der Waals surface area contributed by atoms with E-state index in [1.165, 1.54) is 0 Å². The van der Waals surface area contributed by atoms with Gasteiger partial charge >= 0.3 is 0 Å². The van der Waals surface area contributed by atoms with Gasteiger partial charge in [0.25, 0.3) is 5.91 Å². The largest absolute Gasteiger partial charge is 0.399 e. The normalized spacial score (nSPS) is 10.4. The van der Waals surface area contributed by atoms with E-state index in [0.29, 0.717) is 5.56 Å². The van der Waals surface area contributed by atoms with E-state index in [0.717, 1.165) is 28.1 Å². The Kier molecular flexibility index (Phi) is 4.34. The van der Waals surface area contributed by atoms with Gasteiger partial charge in [-0.05, 0) is 54.4 Å². The number of aryl methyl sites for hydroxylation is 1. The van der Waals surface area contributed by atoms with Crippen molar-refractivity contribution in [1.82, 2.24) is 0 Å². The third kappa shape index (κ3) is 3.30. The summed E-state index contributed by atoms with van der Waals surface area (Å²) in [6.45, 7) is 2.01. The van der Waals surface area contributed by atoms with Gasteiger partial charge in [-0.15, -0.1) is 0 Å². The fourth-order valence-corrected chi connectivity index (χ4v) is 2.56. The Labute approximate surface area is 142 Å². The lowest BCUT2D eigenvalue weighted by Gasteiger charge is -2.18. The van der Waals surface area contributed by atoms with Gasteiger partial charge in [0.15, 0.2) is 0 Å². The van der Waals surface area contributed by atoms with Crippen molar-refractivity contribution in [3.05, 3.63) is 83.9 Å². The van der Waals surface area contributed by atoms with Crippen LogP contribution in [-0.4, -0.2) is 13.0 Å². The van der Waals surface area contributed by atoms with Crippen LogP contribution in [0, 0.1) is 6.92 Å². The number of nitrogens with two attached hydrogens (primary N) is 1. The highest BCUT2D eigenvalue weighted by molar-refractivity contribution is 6.05. The summed E-state index contributed by atoms with van der Waals surface area (Å²) in [5.41, 5.74) is 11.4. The lowest BCUT2D eigenvalue weighted by Crippen LogP contribution is -2.26. The molecule has 0 atom stereocenters. The summed E-state index contributed by atoms with van der Waals surface area (Å²) in [7, 11) is 1.79. The quantitative estimate of drug-likeness (QED) is 0.722. The van der Waals surface area contributed by atoms with E-state index in [2.05, 4.69) is 0 Å². The number of hydrogen-bond donors (Lipinski definition) is 1. The molecule has 120 valence electrons. The van der Waals surface area contributed by atoms with Crippen LogP contribution in [0.15, 0.2) is 72.8 Å². The second-order valence-corrected chi connectivity index (χ2v) is 5.90. The lowest BCUT2D eigenvalue weighted by atomic mass is 10.0. The van der Waals surface area contributed by atoms with Gasteiger partial charge in [-0.25, -0.2) is 0 Å². The summed E-state index contributed by atoms with van der Waals surface area (Å²) in [5.74, 6) is -0.0183. The lowest BCUT2D eigenvalue weighted by molar-refractivity contribution is 0.0993. The maximum Gasteiger partial charge on any atom is 0.258 e. The number of carbonyl (C=O) groups is 1. The van der Waals surface area contributed by atoms with Crippen LogP contribution in [0.2, 0.25) is 0 Å². The van der Waals surface area contributed by atoms with Crippen molar-refractivity contribution in [2.24, 2.45) is 0 Å². The molecule has 0 aliphatic carbocycles. The molecule has 0 heterocycles. The van der Waals surface area contributed by atoms with Gasteiger partial charge in [-0.3, -0.25) is 4.79 Å². The SMILES string of the molecule is Cc1ccc(C(=O)N(C)c2ccc(-c3ccc(N)cc3)cc2)cc1. The second kappa shape index (κ2) is 6.59. The Bertz CT molecular complexity index is 835. The molecule has 1 amide bonds. The molecule has 0 aromatic heterocycles. The number of nitrogen functional groups attached to an aromatic ring is 1. The number of anilines is 2. The number of carbonyl (C=O) groups excluding carboxylic acids is 1. The molecule has 0 saturated heterocycles. The third-order valence-corrected chi connectivity index (χ3v) is 4.10. The Morgan fingerprint density at radius 2 is 1.29 bits per heavy atom. The van der Waals surface area contributed by atoms with E-state index in [4.69, 9.17) is 5.73 Å². The molecule has 0 aliphatic heterocycles. The number of benzene rings is 3. The molecule has 0 spiro atoms. The monoisotopic (exact) mass is 316 g/mol. The third-order valence-electron chi connectivity index (χ3n) is 4.10. The molecular weight excluding hydrogens is 296 g/mol. The Hall–Kier alpha value is -3.07. The van der Waals surface area contributed by atoms with Crippen LogP contribution in [0.1, 0.15) is 15.9 Å². The molecule has 0 aliphatic rings. The maximum atomic E-state index is 12.6. The first-order chi connectivity index (χ1) is 11.5. The van der Waals surface area contributed by atoms with E-state index in [1.807, 2.05) is 79.7 Å². The zero-order chi connectivity index (χ0) is 17.1. The molecule has 0 fully saturated rings. The number of hydrogen-bond acceptors (Lipinski definition) is 2. The number of nitrogens with zero attached hydrogens (tertiary/aromatic N) is 1. The summed E-state index contributed by atoms with van der Waals surface area (Å²) in [6, 6.07) is 23.3. The average Bonchev–Trinajstić information content (AvgIpc) is 2.62. The van der Waals surface area contributed by atoms with Crippen LogP contribution in [-0.2, 0) is 0 Å². The first-order valence-corrected chi connectivity index (χ1v) is 7.85. The molecule has 3 aromatic carbocycles. The van der Waals surface area contributed by atoms with Gasteiger partial charge in [0.1, 0.15) is 0 Å². The molecule has 0 saturated carbocycles. The highest BCUT2D eigenvalue weighted by Crippen LogP contribution is 2.24. The van der Waals surface area contributed by atoms with E-state index >= 15 is 0 Å². The van der Waals surface area contributed by atoms with Crippen LogP contribution in [0.4, 0.5) is 11.4 Å². The molecule has 0 radical (unpaired) electrons. The van der Waals surface area contributed by atoms with Crippen LogP contribution in [0.5, 0.6) is 0 Å². The molecule has 3 rings (SSSR count). The minimum absolute atomic E-state index is 0.0183. The van der Waals surface area contributed by atoms with Crippen molar-refractivity contribution < 1.29 is 4.79 Å². The smallest absolute Gasteiger partial charge is 0.258 e. The minimum atomic E-state index is -0.0183. The van der Waals surface area contributed by atoms with E-state index in [9.17, 15) is 4.79 Å². The predicted octanol–water partition coefficient (Wildman–Crippen LogP) is 4.52. The van der Waals surface area contributed by atoms with E-state index in [-0.39, 0.29) is 5.91 Å². The molecule has 2 N–H and O–H groups in total. The molecule has 3 nitrogen and oxygen atoms in total. The molecule has 3 aromatic rings. The van der Waals surface area contributed by atoms with Crippen LogP contribution in [0.25, 0.3) is 11.1 Å². The zero-order valence-electron chi connectivity index (χ0n) is 13.9. The van der Waals surface area contributed by atoms with E-state index < -0.39 is 0 Å². The molecule has 0 bridgehead atoms. The Balaban J connectivity index is 1.80. The first kappa shape index (κ1) is 15.8. The van der Waals surface area contributed by atoms with Crippen LogP contribution >= 0.6 is 0 Å². The minimum Gasteiger partial charge on any atom is -0.399 e. The van der Waals surface area contributed by atoms with Crippen molar-refractivity contribution in [3.8, 4) is 11.1 Å². The molecule has 24 heavy (non-hydrogen) atoms. The van der Waals surface area contributed by atoms with E-state index in [1.54, 1.807) is 11.9 Å². The number of amides is 1. The molecular formula is C21H20N2O. The van der Waals surface area contributed by atoms with Crippen molar-refractivity contribution >= 4 is 17.3 Å².